The third-order valence-electron chi connectivity index (χ3n) is 3.21. The summed E-state index contributed by atoms with van der Waals surface area (Å²) >= 11 is 0. The first kappa shape index (κ1) is 17.5. The second-order valence-electron chi connectivity index (χ2n) is 4.64. The predicted molar refractivity (Wildman–Crippen MR) is 85.8 cm³/mol. The lowest BCUT2D eigenvalue weighted by Gasteiger charge is -2.34. The number of hydrogen-bond acceptors (Lipinski definition) is 6. The van der Waals surface area contributed by atoms with Crippen molar-refractivity contribution in [2.45, 2.75) is 20.3 Å². The van der Waals surface area contributed by atoms with Crippen LogP contribution in [-0.2, 0) is 9.63 Å². The van der Waals surface area contributed by atoms with Crippen LogP contribution in [0, 0.1) is 0 Å². The highest BCUT2D eigenvalue weighted by Gasteiger charge is 2.22. The third kappa shape index (κ3) is 4.75. The van der Waals surface area contributed by atoms with E-state index >= 15 is 0 Å². The van der Waals surface area contributed by atoms with Gasteiger partial charge in [-0.2, -0.15) is 0 Å². The predicted octanol–water partition coefficient (Wildman–Crippen LogP) is 1.93. The Balaban J connectivity index is 0.00000220. The van der Waals surface area contributed by atoms with E-state index in [2.05, 4.69) is 22.1 Å². The monoisotopic (exact) mass is 314 g/mol. The fourth-order valence-corrected chi connectivity index (χ4v) is 2.18. The number of aromatic nitrogens is 1. The molecule has 1 fully saturated rings. The van der Waals surface area contributed by atoms with Crippen LogP contribution in [0.2, 0.25) is 0 Å². The fraction of sp³-hybridized carbons (Fsp3) is 0.571. The van der Waals surface area contributed by atoms with Crippen LogP contribution in [0.3, 0.4) is 0 Å². The number of hydroxylamine groups is 2. The van der Waals surface area contributed by atoms with Crippen molar-refractivity contribution in [2.24, 2.45) is 0 Å². The summed E-state index contributed by atoms with van der Waals surface area (Å²) in [5.41, 5.74) is 1.05. The average molecular weight is 315 g/mol. The zero-order chi connectivity index (χ0) is 14.4. The van der Waals surface area contributed by atoms with Crippen molar-refractivity contribution in [2.75, 3.05) is 42.9 Å². The van der Waals surface area contributed by atoms with Gasteiger partial charge in [-0.1, -0.05) is 6.92 Å². The average Bonchev–Trinajstić information content (AvgIpc) is 2.49. The molecule has 2 heterocycles. The summed E-state index contributed by atoms with van der Waals surface area (Å²) in [5, 5.41) is 5.06. The van der Waals surface area contributed by atoms with Gasteiger partial charge in [-0.05, 0) is 19.1 Å². The van der Waals surface area contributed by atoms with E-state index in [1.807, 2.05) is 12.1 Å². The summed E-state index contributed by atoms with van der Waals surface area (Å²) in [4.78, 5) is 23.2. The zero-order valence-electron chi connectivity index (χ0n) is 12.5. The molecule has 118 valence electrons. The number of carbonyl (C=O) groups excluding carboxylic acids is 1. The van der Waals surface area contributed by atoms with Gasteiger partial charge in [0.1, 0.15) is 0 Å². The molecular weight excluding hydrogens is 292 g/mol. The Morgan fingerprint density at radius 2 is 2.05 bits per heavy atom. The Hall–Kier alpha value is -1.53. The van der Waals surface area contributed by atoms with Crippen LogP contribution in [0.5, 0.6) is 0 Å². The molecule has 0 saturated carbocycles. The molecule has 0 aliphatic carbocycles. The van der Waals surface area contributed by atoms with E-state index in [1.54, 1.807) is 18.2 Å². The van der Waals surface area contributed by atoms with E-state index in [-0.39, 0.29) is 18.4 Å². The Labute approximate surface area is 131 Å². The molecule has 0 bridgehead atoms. The molecule has 21 heavy (non-hydrogen) atoms. The van der Waals surface area contributed by atoms with Crippen molar-refractivity contribution in [3.05, 3.63) is 18.3 Å². The molecule has 0 aromatic carbocycles. The number of anilines is 2. The molecule has 1 aliphatic heterocycles. The molecule has 0 radical (unpaired) electrons. The van der Waals surface area contributed by atoms with Gasteiger partial charge in [-0.3, -0.25) is 4.79 Å². The normalized spacial score (nSPS) is 15.2. The molecule has 0 spiro atoms. The van der Waals surface area contributed by atoms with Gasteiger partial charge in [0.15, 0.2) is 5.82 Å². The topological polar surface area (TPSA) is 57.7 Å². The Bertz CT molecular complexity index is 450. The van der Waals surface area contributed by atoms with Crippen LogP contribution < -0.4 is 10.2 Å². The van der Waals surface area contributed by atoms with Crippen LogP contribution in [0.15, 0.2) is 18.3 Å². The molecule has 1 aliphatic rings. The molecule has 0 amide bonds. The molecule has 2 rings (SSSR count). The summed E-state index contributed by atoms with van der Waals surface area (Å²) in [7, 11) is 0. The SMILES string of the molecule is CCNc1cccnc1N1CCN(OC(=O)CC)CC1.Cl. The van der Waals surface area contributed by atoms with Crippen LogP contribution in [0.25, 0.3) is 0 Å². The van der Waals surface area contributed by atoms with E-state index < -0.39 is 0 Å². The van der Waals surface area contributed by atoms with E-state index in [9.17, 15) is 4.79 Å². The van der Waals surface area contributed by atoms with Crippen molar-refractivity contribution >= 4 is 29.9 Å². The molecule has 1 N–H and O–H groups in total. The Morgan fingerprint density at radius 3 is 2.67 bits per heavy atom. The number of piperazine rings is 1. The van der Waals surface area contributed by atoms with E-state index in [0.717, 1.165) is 31.1 Å². The van der Waals surface area contributed by atoms with E-state index in [0.29, 0.717) is 19.5 Å². The first-order valence-electron chi connectivity index (χ1n) is 7.14. The van der Waals surface area contributed by atoms with Gasteiger partial charge in [-0.25, -0.2) is 4.98 Å². The largest absolute Gasteiger partial charge is 0.382 e. The van der Waals surface area contributed by atoms with Gasteiger partial charge in [-0.15, -0.1) is 17.5 Å². The first-order valence-corrected chi connectivity index (χ1v) is 7.14. The number of halogens is 1. The molecule has 7 heteroatoms. The summed E-state index contributed by atoms with van der Waals surface area (Å²) in [6.45, 7) is 7.74. The van der Waals surface area contributed by atoms with Gasteiger partial charge in [0.25, 0.3) is 0 Å². The second-order valence-corrected chi connectivity index (χ2v) is 4.64. The summed E-state index contributed by atoms with van der Waals surface area (Å²) in [6, 6.07) is 3.97. The van der Waals surface area contributed by atoms with Crippen LogP contribution in [-0.4, -0.2) is 48.7 Å². The van der Waals surface area contributed by atoms with Crippen molar-refractivity contribution in [3.8, 4) is 0 Å². The van der Waals surface area contributed by atoms with E-state index in [1.165, 1.54) is 0 Å². The maximum atomic E-state index is 11.3. The molecule has 1 aromatic rings. The lowest BCUT2D eigenvalue weighted by atomic mass is 10.3. The second kappa shape index (κ2) is 8.69. The maximum Gasteiger partial charge on any atom is 0.324 e. The minimum Gasteiger partial charge on any atom is -0.382 e. The molecular formula is C14H23ClN4O2. The Kier molecular flexibility index (Phi) is 7.25. The lowest BCUT2D eigenvalue weighted by Crippen LogP contribution is -2.47. The summed E-state index contributed by atoms with van der Waals surface area (Å²) < 4.78 is 0. The number of nitrogens with one attached hydrogen (secondary N) is 1. The third-order valence-corrected chi connectivity index (χ3v) is 3.21. The van der Waals surface area contributed by atoms with Crippen molar-refractivity contribution < 1.29 is 9.63 Å². The minimum absolute atomic E-state index is 0. The van der Waals surface area contributed by atoms with Crippen LogP contribution in [0.1, 0.15) is 20.3 Å². The van der Waals surface area contributed by atoms with Crippen LogP contribution >= 0.6 is 12.4 Å². The number of rotatable bonds is 5. The number of carbonyl (C=O) groups is 1. The van der Waals surface area contributed by atoms with Crippen molar-refractivity contribution in [3.63, 3.8) is 0 Å². The highest BCUT2D eigenvalue weighted by Crippen LogP contribution is 2.23. The molecule has 1 aromatic heterocycles. The van der Waals surface area contributed by atoms with Gasteiger partial charge >= 0.3 is 5.97 Å². The minimum atomic E-state index is -0.176. The highest BCUT2D eigenvalue weighted by atomic mass is 35.5. The lowest BCUT2D eigenvalue weighted by molar-refractivity contribution is -0.191. The van der Waals surface area contributed by atoms with Gasteiger partial charge in [0.05, 0.1) is 18.8 Å². The number of nitrogens with zero attached hydrogens (tertiary/aromatic N) is 3. The number of pyridine rings is 1. The zero-order valence-corrected chi connectivity index (χ0v) is 13.4. The standard InChI is InChI=1S/C14H22N4O2.ClH/c1-3-13(19)20-18-10-8-17(9-11-18)14-12(15-4-2)6-5-7-16-14;/h5-7,15H,3-4,8-11H2,1-2H3;1H. The first-order chi connectivity index (χ1) is 9.74. The molecule has 6 nitrogen and oxygen atoms in total. The maximum absolute atomic E-state index is 11.3. The fourth-order valence-electron chi connectivity index (χ4n) is 2.18. The van der Waals surface area contributed by atoms with Gasteiger partial charge in [0, 0.05) is 32.3 Å². The van der Waals surface area contributed by atoms with Crippen molar-refractivity contribution in [1.29, 1.82) is 0 Å². The molecule has 0 unspecified atom stereocenters. The van der Waals surface area contributed by atoms with Gasteiger partial charge in [0.2, 0.25) is 0 Å². The molecule has 0 atom stereocenters. The smallest absolute Gasteiger partial charge is 0.324 e. The number of hydrogen-bond donors (Lipinski definition) is 1. The van der Waals surface area contributed by atoms with Crippen molar-refractivity contribution in [1.82, 2.24) is 10.0 Å². The molecule has 1 saturated heterocycles. The quantitative estimate of drug-likeness (QED) is 0.896. The summed E-state index contributed by atoms with van der Waals surface area (Å²) in [6.07, 6.45) is 2.21. The van der Waals surface area contributed by atoms with Crippen LogP contribution in [0.4, 0.5) is 11.5 Å². The van der Waals surface area contributed by atoms with E-state index in [4.69, 9.17) is 4.84 Å². The Morgan fingerprint density at radius 1 is 1.33 bits per heavy atom. The highest BCUT2D eigenvalue weighted by molar-refractivity contribution is 5.85. The summed E-state index contributed by atoms with van der Waals surface area (Å²) in [5.74, 6) is 0.792. The van der Waals surface area contributed by atoms with Gasteiger partial charge < -0.3 is 15.1 Å².